The third kappa shape index (κ3) is 5.99. The number of nitrogens with zero attached hydrogens (tertiary/aromatic N) is 1. The molecule has 0 amide bonds. The second-order valence-electron chi connectivity index (χ2n) is 8.71. The molecule has 1 aromatic carbocycles. The van der Waals surface area contributed by atoms with Gasteiger partial charge in [-0.1, -0.05) is 58.3 Å². The van der Waals surface area contributed by atoms with Crippen LogP contribution in [0.3, 0.4) is 0 Å². The molecule has 0 aromatic heterocycles. The Morgan fingerprint density at radius 2 is 1.55 bits per heavy atom. The summed E-state index contributed by atoms with van der Waals surface area (Å²) in [5.74, 6) is 0.0943. The number of nitriles is 1. The van der Waals surface area contributed by atoms with Crippen LogP contribution in [0.4, 0.5) is 8.78 Å². The molecule has 0 bridgehead atoms. The Bertz CT molecular complexity index is 664. The Morgan fingerprint density at radius 3 is 2.14 bits per heavy atom. The second kappa shape index (κ2) is 11.0. The fourth-order valence-electron chi connectivity index (χ4n) is 4.80. The lowest BCUT2D eigenvalue weighted by Gasteiger charge is -2.38. The quantitative estimate of drug-likeness (QED) is 0.454. The highest BCUT2D eigenvalue weighted by molar-refractivity contribution is 5.35. The van der Waals surface area contributed by atoms with Gasteiger partial charge in [0.05, 0.1) is 13.2 Å². The molecule has 2 fully saturated rings. The molecule has 3 nitrogen and oxygen atoms in total. The molecule has 160 valence electrons. The summed E-state index contributed by atoms with van der Waals surface area (Å²) in [4.78, 5) is 0. The monoisotopic (exact) mass is 405 g/mol. The Labute approximate surface area is 173 Å². The number of hydrogen-bond acceptors (Lipinski definition) is 3. The summed E-state index contributed by atoms with van der Waals surface area (Å²) in [5.41, 5.74) is -0.270. The zero-order valence-electron chi connectivity index (χ0n) is 17.5. The van der Waals surface area contributed by atoms with Crippen molar-refractivity contribution in [3.8, 4) is 6.07 Å². The SMILES string of the molecule is CCCCCCC[C@H]1CC[C@H]([C@H]2CO[C@H](c3cc(F)c(C#N)c(F)c3)OC2)CC1. The zero-order valence-corrected chi connectivity index (χ0v) is 17.5. The van der Waals surface area contributed by atoms with Crippen molar-refractivity contribution in [3.05, 3.63) is 34.9 Å². The van der Waals surface area contributed by atoms with Gasteiger partial charge in [0.25, 0.3) is 0 Å². The fourth-order valence-corrected chi connectivity index (χ4v) is 4.80. The van der Waals surface area contributed by atoms with Crippen LogP contribution >= 0.6 is 0 Å². The van der Waals surface area contributed by atoms with Crippen LogP contribution in [0.2, 0.25) is 0 Å². The van der Waals surface area contributed by atoms with Crippen LogP contribution in [0.15, 0.2) is 12.1 Å². The van der Waals surface area contributed by atoms with Crippen molar-refractivity contribution in [2.75, 3.05) is 13.2 Å². The molecule has 29 heavy (non-hydrogen) atoms. The van der Waals surface area contributed by atoms with Crippen LogP contribution < -0.4 is 0 Å². The summed E-state index contributed by atoms with van der Waals surface area (Å²) in [6, 6.07) is 3.81. The molecular formula is C24H33F2NO2. The summed E-state index contributed by atoms with van der Waals surface area (Å²) in [7, 11) is 0. The van der Waals surface area contributed by atoms with Crippen LogP contribution in [-0.4, -0.2) is 13.2 Å². The molecule has 3 rings (SSSR count). The predicted molar refractivity (Wildman–Crippen MR) is 108 cm³/mol. The lowest BCUT2D eigenvalue weighted by Crippen LogP contribution is -2.34. The summed E-state index contributed by atoms with van der Waals surface area (Å²) in [6.07, 6.45) is 12.4. The summed E-state index contributed by atoms with van der Waals surface area (Å²) >= 11 is 0. The van der Waals surface area contributed by atoms with E-state index in [4.69, 9.17) is 14.7 Å². The first kappa shape index (κ1) is 22.2. The van der Waals surface area contributed by atoms with E-state index in [1.54, 1.807) is 0 Å². The number of unbranched alkanes of at least 4 members (excludes halogenated alkanes) is 4. The topological polar surface area (TPSA) is 42.2 Å². The molecule has 1 saturated heterocycles. The number of benzene rings is 1. The van der Waals surface area contributed by atoms with Gasteiger partial charge in [-0.3, -0.25) is 0 Å². The van der Waals surface area contributed by atoms with E-state index >= 15 is 0 Å². The standard InChI is InChI=1S/C24H33F2NO2/c1-2-3-4-5-6-7-17-8-10-18(11-9-17)20-15-28-24(29-16-20)19-12-22(25)21(14-27)23(26)13-19/h12-13,17-18,20,24H,2-11,15-16H2,1H3/t17-,18-,20-,24-. The lowest BCUT2D eigenvalue weighted by molar-refractivity contribution is -0.215. The van der Waals surface area contributed by atoms with Gasteiger partial charge in [-0.25, -0.2) is 8.78 Å². The Hall–Kier alpha value is -1.51. The van der Waals surface area contributed by atoms with Crippen molar-refractivity contribution in [2.24, 2.45) is 17.8 Å². The molecule has 0 unspecified atom stereocenters. The van der Waals surface area contributed by atoms with Crippen LogP contribution in [0.1, 0.15) is 88.5 Å². The highest BCUT2D eigenvalue weighted by Crippen LogP contribution is 2.39. The maximum Gasteiger partial charge on any atom is 0.184 e. The van der Waals surface area contributed by atoms with Gasteiger partial charge in [-0.2, -0.15) is 5.26 Å². The highest BCUT2D eigenvalue weighted by atomic mass is 19.1. The van der Waals surface area contributed by atoms with E-state index in [0.29, 0.717) is 30.6 Å². The normalized spacial score (nSPS) is 27.5. The lowest BCUT2D eigenvalue weighted by atomic mass is 9.74. The minimum atomic E-state index is -0.871. The zero-order chi connectivity index (χ0) is 20.6. The van der Waals surface area contributed by atoms with E-state index in [-0.39, 0.29) is 0 Å². The van der Waals surface area contributed by atoms with Gasteiger partial charge in [0.15, 0.2) is 6.29 Å². The van der Waals surface area contributed by atoms with E-state index in [1.807, 2.05) is 0 Å². The van der Waals surface area contributed by atoms with Gasteiger partial charge in [0.1, 0.15) is 23.3 Å². The fraction of sp³-hybridized carbons (Fsp3) is 0.708. The Kier molecular flexibility index (Phi) is 8.44. The van der Waals surface area contributed by atoms with Crippen LogP contribution in [-0.2, 0) is 9.47 Å². The van der Waals surface area contributed by atoms with Crippen molar-refractivity contribution in [3.63, 3.8) is 0 Å². The molecule has 1 aliphatic carbocycles. The molecule has 0 atom stereocenters. The van der Waals surface area contributed by atoms with E-state index < -0.39 is 23.5 Å². The van der Waals surface area contributed by atoms with Crippen molar-refractivity contribution in [2.45, 2.75) is 77.4 Å². The van der Waals surface area contributed by atoms with E-state index in [1.165, 1.54) is 70.3 Å². The van der Waals surface area contributed by atoms with Gasteiger partial charge in [0.2, 0.25) is 0 Å². The highest BCUT2D eigenvalue weighted by Gasteiger charge is 2.32. The largest absolute Gasteiger partial charge is 0.348 e. The average Bonchev–Trinajstić information content (AvgIpc) is 2.74. The smallest absolute Gasteiger partial charge is 0.184 e. The minimum absolute atomic E-state index is 0.296. The van der Waals surface area contributed by atoms with Crippen LogP contribution in [0.5, 0.6) is 0 Å². The van der Waals surface area contributed by atoms with Crippen molar-refractivity contribution in [1.82, 2.24) is 0 Å². The number of hydrogen-bond donors (Lipinski definition) is 0. The molecule has 0 N–H and O–H groups in total. The number of halogens is 2. The molecule has 0 spiro atoms. The van der Waals surface area contributed by atoms with Crippen LogP contribution in [0.25, 0.3) is 0 Å². The predicted octanol–water partition coefficient (Wildman–Crippen LogP) is 6.66. The third-order valence-corrected chi connectivity index (χ3v) is 6.65. The first-order valence-corrected chi connectivity index (χ1v) is 11.2. The molecule has 1 aliphatic heterocycles. The van der Waals surface area contributed by atoms with Crippen molar-refractivity contribution in [1.29, 1.82) is 5.26 Å². The minimum Gasteiger partial charge on any atom is -0.348 e. The Morgan fingerprint density at radius 1 is 0.931 bits per heavy atom. The van der Waals surface area contributed by atoms with Gasteiger partial charge >= 0.3 is 0 Å². The maximum absolute atomic E-state index is 13.8. The summed E-state index contributed by atoms with van der Waals surface area (Å²) in [6.45, 7) is 3.36. The van der Waals surface area contributed by atoms with Gasteiger partial charge < -0.3 is 9.47 Å². The maximum atomic E-state index is 13.8. The first-order chi connectivity index (χ1) is 14.1. The molecule has 5 heteroatoms. The van der Waals surface area contributed by atoms with Crippen LogP contribution in [0, 0.1) is 40.7 Å². The molecule has 1 saturated carbocycles. The average molecular weight is 406 g/mol. The molecule has 0 radical (unpaired) electrons. The molecule has 2 aliphatic rings. The van der Waals surface area contributed by atoms with Gasteiger partial charge in [-0.05, 0) is 36.8 Å². The number of rotatable bonds is 8. The third-order valence-electron chi connectivity index (χ3n) is 6.65. The van der Waals surface area contributed by atoms with E-state index in [0.717, 1.165) is 18.1 Å². The first-order valence-electron chi connectivity index (χ1n) is 11.2. The molecular weight excluding hydrogens is 372 g/mol. The second-order valence-corrected chi connectivity index (χ2v) is 8.71. The van der Waals surface area contributed by atoms with E-state index in [9.17, 15) is 8.78 Å². The summed E-state index contributed by atoms with van der Waals surface area (Å²) < 4.78 is 39.3. The number of ether oxygens (including phenoxy) is 2. The summed E-state index contributed by atoms with van der Waals surface area (Å²) in [5, 5.41) is 8.79. The van der Waals surface area contributed by atoms with Gasteiger partial charge in [-0.15, -0.1) is 0 Å². The molecule has 1 heterocycles. The van der Waals surface area contributed by atoms with Crippen molar-refractivity contribution < 1.29 is 18.3 Å². The molecule has 1 aromatic rings. The van der Waals surface area contributed by atoms with E-state index in [2.05, 4.69) is 6.92 Å². The van der Waals surface area contributed by atoms with Gasteiger partial charge in [0, 0.05) is 11.5 Å². The van der Waals surface area contributed by atoms with Crippen molar-refractivity contribution >= 4 is 0 Å². The Balaban J connectivity index is 1.41.